The zero-order valence-corrected chi connectivity index (χ0v) is 14.2. The van der Waals surface area contributed by atoms with Crippen LogP contribution in [0, 0.1) is 0 Å². The molecular weight excluding hydrogens is 320 g/mol. The van der Waals surface area contributed by atoms with Crippen molar-refractivity contribution in [3.05, 3.63) is 63.5 Å². The Labute approximate surface area is 143 Å². The third kappa shape index (κ3) is 2.83. The summed E-state index contributed by atoms with van der Waals surface area (Å²) < 4.78 is 0.600. The number of aromatic nitrogens is 3. The fourth-order valence-electron chi connectivity index (χ4n) is 2.55. The minimum absolute atomic E-state index is 0.157. The van der Waals surface area contributed by atoms with E-state index in [9.17, 15) is 4.79 Å². The van der Waals surface area contributed by atoms with Gasteiger partial charge in [-0.25, -0.2) is 4.98 Å². The van der Waals surface area contributed by atoms with Gasteiger partial charge in [0.25, 0.3) is 5.56 Å². The largest absolute Gasteiger partial charge is 0.304 e. The van der Waals surface area contributed by atoms with Crippen molar-refractivity contribution in [2.45, 2.75) is 13.8 Å². The van der Waals surface area contributed by atoms with Crippen molar-refractivity contribution in [3.8, 4) is 11.5 Å². The van der Waals surface area contributed by atoms with Gasteiger partial charge in [-0.1, -0.05) is 12.1 Å². The van der Waals surface area contributed by atoms with Crippen molar-refractivity contribution >= 4 is 33.8 Å². The number of H-pyrrole nitrogens is 1. The highest BCUT2D eigenvalue weighted by Crippen LogP contribution is 2.32. The van der Waals surface area contributed by atoms with Crippen molar-refractivity contribution in [1.29, 1.82) is 0 Å². The minimum atomic E-state index is -0.157. The molecule has 0 spiro atoms. The Bertz CT molecular complexity index is 1010. The van der Waals surface area contributed by atoms with E-state index in [1.165, 1.54) is 11.3 Å². The summed E-state index contributed by atoms with van der Waals surface area (Å²) in [6, 6.07) is 5.51. The summed E-state index contributed by atoms with van der Waals surface area (Å²) in [4.78, 5) is 28.0. The first-order valence-electron chi connectivity index (χ1n) is 7.38. The molecule has 0 atom stereocenters. The number of allylic oxidation sites excluding steroid dienone is 3. The molecule has 0 fully saturated rings. The molecule has 0 saturated heterocycles. The summed E-state index contributed by atoms with van der Waals surface area (Å²) in [5.41, 5.74) is 4.02. The number of thiophene rings is 1. The van der Waals surface area contributed by atoms with E-state index in [0.29, 0.717) is 21.7 Å². The fourth-order valence-corrected chi connectivity index (χ4v) is 3.44. The van der Waals surface area contributed by atoms with Crippen LogP contribution in [0.4, 0.5) is 0 Å². The van der Waals surface area contributed by atoms with Crippen LogP contribution >= 0.6 is 11.3 Å². The van der Waals surface area contributed by atoms with Gasteiger partial charge in [0.05, 0.1) is 5.52 Å². The van der Waals surface area contributed by atoms with Crippen LogP contribution in [0.15, 0.2) is 57.4 Å². The Hall–Kier alpha value is -2.86. The quantitative estimate of drug-likeness (QED) is 0.577. The lowest BCUT2D eigenvalue weighted by molar-refractivity contribution is 1.15. The van der Waals surface area contributed by atoms with Crippen LogP contribution in [0.25, 0.3) is 27.3 Å². The summed E-state index contributed by atoms with van der Waals surface area (Å²) in [5.74, 6) is 0.465. The summed E-state index contributed by atoms with van der Waals surface area (Å²) in [6.07, 6.45) is 5.36. The first kappa shape index (κ1) is 16.0. The lowest BCUT2D eigenvalue weighted by Crippen LogP contribution is -2.08. The number of hydrogen-bond donors (Lipinski definition) is 1. The molecule has 0 saturated carbocycles. The van der Waals surface area contributed by atoms with E-state index in [1.54, 1.807) is 12.4 Å². The molecule has 3 aromatic rings. The summed E-state index contributed by atoms with van der Waals surface area (Å²) >= 11 is 1.38. The van der Waals surface area contributed by atoms with Gasteiger partial charge in [0.2, 0.25) is 0 Å². The van der Waals surface area contributed by atoms with E-state index in [1.807, 2.05) is 43.5 Å². The van der Waals surface area contributed by atoms with Gasteiger partial charge in [-0.2, -0.15) is 0 Å². The molecule has 0 aliphatic rings. The van der Waals surface area contributed by atoms with Crippen molar-refractivity contribution < 1.29 is 0 Å². The molecule has 1 N–H and O–H groups in total. The predicted octanol–water partition coefficient (Wildman–Crippen LogP) is 4.05. The van der Waals surface area contributed by atoms with E-state index in [-0.39, 0.29) is 5.56 Å². The number of pyridine rings is 1. The lowest BCUT2D eigenvalue weighted by atomic mass is 10.0. The number of fused-ring (bicyclic) bond motifs is 1. The third-order valence-corrected chi connectivity index (χ3v) is 4.59. The third-order valence-electron chi connectivity index (χ3n) is 3.62. The van der Waals surface area contributed by atoms with Gasteiger partial charge in [-0.05, 0) is 43.8 Å². The topological polar surface area (TPSA) is 71.0 Å². The molecule has 6 heteroatoms. The molecule has 3 rings (SSSR count). The van der Waals surface area contributed by atoms with E-state index < -0.39 is 0 Å². The van der Waals surface area contributed by atoms with E-state index in [4.69, 9.17) is 0 Å². The number of rotatable bonds is 4. The lowest BCUT2D eigenvalue weighted by Gasteiger charge is -2.06. The molecule has 24 heavy (non-hydrogen) atoms. The van der Waals surface area contributed by atoms with Gasteiger partial charge in [0.15, 0.2) is 5.82 Å². The smallest absolute Gasteiger partial charge is 0.269 e. The van der Waals surface area contributed by atoms with Crippen LogP contribution in [0.1, 0.15) is 19.4 Å². The Morgan fingerprint density at radius 3 is 2.92 bits per heavy atom. The van der Waals surface area contributed by atoms with Crippen LogP contribution in [0.2, 0.25) is 0 Å². The number of nitrogens with zero attached hydrogens (tertiary/aromatic N) is 3. The second-order valence-corrected chi connectivity index (χ2v) is 6.03. The van der Waals surface area contributed by atoms with Gasteiger partial charge >= 0.3 is 0 Å². The Kier molecular flexibility index (Phi) is 4.48. The van der Waals surface area contributed by atoms with E-state index >= 15 is 0 Å². The maximum atomic E-state index is 12.4. The molecule has 0 aliphatic heterocycles. The van der Waals surface area contributed by atoms with Crippen LogP contribution in [-0.4, -0.2) is 21.7 Å². The van der Waals surface area contributed by atoms with Crippen molar-refractivity contribution in [2.24, 2.45) is 4.99 Å². The summed E-state index contributed by atoms with van der Waals surface area (Å²) in [7, 11) is 0. The molecule has 0 unspecified atom stereocenters. The number of aromatic amines is 1. The van der Waals surface area contributed by atoms with Crippen LogP contribution in [-0.2, 0) is 0 Å². The second-order valence-electron chi connectivity index (χ2n) is 5.15. The zero-order valence-electron chi connectivity index (χ0n) is 13.4. The Balaban J connectivity index is 2.25. The summed E-state index contributed by atoms with van der Waals surface area (Å²) in [5, 5.41) is 1.95. The first-order valence-corrected chi connectivity index (χ1v) is 8.26. The zero-order chi connectivity index (χ0) is 17.1. The highest BCUT2D eigenvalue weighted by atomic mass is 32.1. The molecule has 0 bridgehead atoms. The van der Waals surface area contributed by atoms with Crippen LogP contribution in [0.5, 0.6) is 0 Å². The molecule has 3 aromatic heterocycles. The second kappa shape index (κ2) is 6.72. The first-order chi connectivity index (χ1) is 11.7. The number of aliphatic imine (C=N–C) groups is 1. The SMILES string of the molecule is C=N/C=C(C)\C(=C/C)c1csc2c(=O)[nH]c(-c3ccccn3)nc12. The average molecular weight is 336 g/mol. The van der Waals surface area contributed by atoms with Crippen LogP contribution in [0.3, 0.4) is 0 Å². The Morgan fingerprint density at radius 2 is 2.25 bits per heavy atom. The van der Waals surface area contributed by atoms with Gasteiger partial charge < -0.3 is 4.98 Å². The average Bonchev–Trinajstić information content (AvgIpc) is 3.01. The Morgan fingerprint density at radius 1 is 1.42 bits per heavy atom. The summed E-state index contributed by atoms with van der Waals surface area (Å²) in [6.45, 7) is 7.41. The standard InChI is InChI=1S/C18H16N4OS/c1-4-12(11(2)9-19-3)13-10-24-16-15(13)21-17(22-18(16)23)14-7-5-6-8-20-14/h4-10H,3H2,1-2H3,(H,21,22,23)/b11-9-,12-4+. The highest BCUT2D eigenvalue weighted by Gasteiger charge is 2.15. The van der Waals surface area contributed by atoms with Gasteiger partial charge in [-0.3, -0.25) is 14.8 Å². The molecule has 5 nitrogen and oxygen atoms in total. The monoisotopic (exact) mass is 336 g/mol. The molecule has 120 valence electrons. The van der Waals surface area contributed by atoms with Crippen molar-refractivity contribution in [3.63, 3.8) is 0 Å². The maximum absolute atomic E-state index is 12.4. The van der Waals surface area contributed by atoms with E-state index in [2.05, 4.69) is 26.7 Å². The number of nitrogens with one attached hydrogen (secondary N) is 1. The molecule has 0 radical (unpaired) electrons. The van der Waals surface area contributed by atoms with Gasteiger partial charge in [0.1, 0.15) is 10.4 Å². The van der Waals surface area contributed by atoms with Gasteiger partial charge in [0, 0.05) is 23.3 Å². The maximum Gasteiger partial charge on any atom is 0.269 e. The fraction of sp³-hybridized carbons (Fsp3) is 0.111. The molecular formula is C18H16N4OS. The van der Waals surface area contributed by atoms with Crippen molar-refractivity contribution in [2.75, 3.05) is 0 Å². The molecule has 3 heterocycles. The van der Waals surface area contributed by atoms with Crippen molar-refractivity contribution in [1.82, 2.24) is 15.0 Å². The predicted molar refractivity (Wildman–Crippen MR) is 100 cm³/mol. The molecule has 0 aliphatic carbocycles. The number of hydrogen-bond acceptors (Lipinski definition) is 5. The normalized spacial score (nSPS) is 12.6. The molecule has 0 amide bonds. The minimum Gasteiger partial charge on any atom is -0.304 e. The highest BCUT2D eigenvalue weighted by molar-refractivity contribution is 7.17. The van der Waals surface area contributed by atoms with E-state index in [0.717, 1.165) is 16.7 Å². The van der Waals surface area contributed by atoms with Crippen LogP contribution < -0.4 is 5.56 Å². The van der Waals surface area contributed by atoms with Gasteiger partial charge in [-0.15, -0.1) is 11.3 Å². The molecule has 0 aromatic carbocycles.